The van der Waals surface area contributed by atoms with Gasteiger partial charge in [0, 0.05) is 23.5 Å². The fraction of sp³-hybridized carbons (Fsp3) is 0. The van der Waals surface area contributed by atoms with E-state index in [4.69, 9.17) is 10.5 Å². The highest BCUT2D eigenvalue weighted by atomic mass is 16.4. The average Bonchev–Trinajstić information content (AvgIpc) is 2.40. The van der Waals surface area contributed by atoms with Gasteiger partial charge in [-0.15, -0.1) is 0 Å². The molecule has 0 aliphatic carbocycles. The normalized spacial score (nSPS) is 10.3. The molecular formula is C13H9N3O. The fourth-order valence-electron chi connectivity index (χ4n) is 1.49. The van der Waals surface area contributed by atoms with Crippen LogP contribution in [0.5, 0.6) is 0 Å². The third-order valence-corrected chi connectivity index (χ3v) is 2.31. The minimum absolute atomic E-state index is 0.620. The minimum Gasteiger partial charge on any atom is -0.411 e. The van der Waals surface area contributed by atoms with E-state index in [-0.39, 0.29) is 0 Å². The summed E-state index contributed by atoms with van der Waals surface area (Å²) in [7, 11) is 0. The number of hydrogen-bond acceptors (Lipinski definition) is 4. The zero-order valence-electron chi connectivity index (χ0n) is 8.91. The van der Waals surface area contributed by atoms with E-state index < -0.39 is 0 Å². The second-order valence-electron chi connectivity index (χ2n) is 3.44. The summed E-state index contributed by atoms with van der Waals surface area (Å²) in [6.45, 7) is 0. The molecule has 0 aliphatic heterocycles. The van der Waals surface area contributed by atoms with Crippen LogP contribution in [0.4, 0.5) is 0 Å². The van der Waals surface area contributed by atoms with E-state index in [1.54, 1.807) is 24.5 Å². The Hall–Kier alpha value is -2.67. The molecule has 17 heavy (non-hydrogen) atoms. The van der Waals surface area contributed by atoms with Crippen molar-refractivity contribution >= 4 is 6.21 Å². The largest absolute Gasteiger partial charge is 0.411 e. The zero-order chi connectivity index (χ0) is 12.1. The number of nitrogens with zero attached hydrogens (tertiary/aromatic N) is 3. The van der Waals surface area contributed by atoms with Crippen molar-refractivity contribution in [1.29, 1.82) is 5.26 Å². The van der Waals surface area contributed by atoms with Crippen LogP contribution >= 0.6 is 0 Å². The van der Waals surface area contributed by atoms with Gasteiger partial charge in [0.2, 0.25) is 0 Å². The maximum Gasteiger partial charge on any atom is 0.0991 e. The molecule has 0 saturated heterocycles. The molecular weight excluding hydrogens is 214 g/mol. The highest BCUT2D eigenvalue weighted by Gasteiger charge is 1.99. The number of oxime groups is 1. The van der Waals surface area contributed by atoms with Gasteiger partial charge in [-0.2, -0.15) is 5.26 Å². The second kappa shape index (κ2) is 4.90. The molecule has 0 amide bonds. The highest BCUT2D eigenvalue weighted by molar-refractivity contribution is 5.81. The first kappa shape index (κ1) is 10.8. The average molecular weight is 223 g/mol. The number of pyridine rings is 1. The molecule has 1 aromatic carbocycles. The monoisotopic (exact) mass is 223 g/mol. The van der Waals surface area contributed by atoms with Crippen molar-refractivity contribution < 1.29 is 5.21 Å². The molecule has 1 N–H and O–H groups in total. The van der Waals surface area contributed by atoms with Gasteiger partial charge in [-0.05, 0) is 23.8 Å². The SMILES string of the molecule is N#Cc1ccc(-c2cncc(/C=N/O)c2)cc1. The number of rotatable bonds is 2. The first-order valence-electron chi connectivity index (χ1n) is 4.96. The Bertz CT molecular complexity index is 582. The van der Waals surface area contributed by atoms with Gasteiger partial charge in [0.15, 0.2) is 0 Å². The second-order valence-corrected chi connectivity index (χ2v) is 3.44. The summed E-state index contributed by atoms with van der Waals surface area (Å²) in [5, 5.41) is 20.1. The smallest absolute Gasteiger partial charge is 0.0991 e. The summed E-state index contributed by atoms with van der Waals surface area (Å²) in [5.41, 5.74) is 3.21. The van der Waals surface area contributed by atoms with Gasteiger partial charge < -0.3 is 5.21 Å². The quantitative estimate of drug-likeness (QED) is 0.483. The van der Waals surface area contributed by atoms with Crippen molar-refractivity contribution in [3.8, 4) is 17.2 Å². The number of nitriles is 1. The molecule has 1 aromatic heterocycles. The van der Waals surface area contributed by atoms with E-state index in [9.17, 15) is 0 Å². The van der Waals surface area contributed by atoms with Crippen molar-refractivity contribution in [1.82, 2.24) is 4.98 Å². The number of benzene rings is 1. The van der Waals surface area contributed by atoms with Crippen LogP contribution in [0.15, 0.2) is 47.9 Å². The van der Waals surface area contributed by atoms with E-state index in [1.807, 2.05) is 18.2 Å². The maximum absolute atomic E-state index is 8.71. The molecule has 0 bridgehead atoms. The Kier molecular flexibility index (Phi) is 3.13. The Morgan fingerprint density at radius 2 is 1.94 bits per heavy atom. The summed E-state index contributed by atoms with van der Waals surface area (Å²) in [6, 6.07) is 11.1. The topological polar surface area (TPSA) is 69.3 Å². The lowest BCUT2D eigenvalue weighted by Gasteiger charge is -2.01. The Balaban J connectivity index is 2.39. The zero-order valence-corrected chi connectivity index (χ0v) is 8.91. The van der Waals surface area contributed by atoms with Crippen LogP contribution in [-0.2, 0) is 0 Å². The van der Waals surface area contributed by atoms with Gasteiger partial charge in [0.25, 0.3) is 0 Å². The van der Waals surface area contributed by atoms with Crippen LogP contribution in [0, 0.1) is 11.3 Å². The van der Waals surface area contributed by atoms with Gasteiger partial charge in [-0.25, -0.2) is 0 Å². The van der Waals surface area contributed by atoms with E-state index in [0.29, 0.717) is 11.1 Å². The molecule has 0 fully saturated rings. The van der Waals surface area contributed by atoms with Gasteiger partial charge in [0.05, 0.1) is 17.8 Å². The van der Waals surface area contributed by atoms with E-state index in [0.717, 1.165) is 11.1 Å². The van der Waals surface area contributed by atoms with Crippen molar-refractivity contribution in [3.63, 3.8) is 0 Å². The Labute approximate surface area is 98.5 Å². The standard InChI is InChI=1S/C13H9N3O/c14-6-10-1-3-12(4-2-10)13-5-11(8-16-17)7-15-9-13/h1-5,7-9,17H/b16-8+. The number of hydrogen-bond donors (Lipinski definition) is 1. The lowest BCUT2D eigenvalue weighted by atomic mass is 10.0. The molecule has 0 aliphatic rings. The first-order valence-corrected chi connectivity index (χ1v) is 4.96. The molecule has 2 rings (SSSR count). The molecule has 0 unspecified atom stereocenters. The molecule has 82 valence electrons. The van der Waals surface area contributed by atoms with Crippen LogP contribution in [0.25, 0.3) is 11.1 Å². The minimum atomic E-state index is 0.620. The maximum atomic E-state index is 8.71. The Morgan fingerprint density at radius 1 is 1.18 bits per heavy atom. The molecule has 0 atom stereocenters. The van der Waals surface area contributed by atoms with Gasteiger partial charge in [-0.1, -0.05) is 17.3 Å². The lowest BCUT2D eigenvalue weighted by molar-refractivity contribution is 0.322. The van der Waals surface area contributed by atoms with Crippen LogP contribution in [0.1, 0.15) is 11.1 Å². The molecule has 4 heteroatoms. The van der Waals surface area contributed by atoms with Crippen molar-refractivity contribution in [3.05, 3.63) is 53.9 Å². The predicted octanol–water partition coefficient (Wildman–Crippen LogP) is 2.43. The predicted molar refractivity (Wildman–Crippen MR) is 63.8 cm³/mol. The summed E-state index contributed by atoms with van der Waals surface area (Å²) in [6.07, 6.45) is 4.64. The molecule has 1 heterocycles. The van der Waals surface area contributed by atoms with Crippen molar-refractivity contribution in [2.45, 2.75) is 0 Å². The summed E-state index contributed by atoms with van der Waals surface area (Å²) in [5.74, 6) is 0. The molecule has 0 radical (unpaired) electrons. The summed E-state index contributed by atoms with van der Waals surface area (Å²) < 4.78 is 0. The van der Waals surface area contributed by atoms with Crippen molar-refractivity contribution in [2.24, 2.45) is 5.16 Å². The molecule has 0 saturated carbocycles. The summed E-state index contributed by atoms with van der Waals surface area (Å²) >= 11 is 0. The van der Waals surface area contributed by atoms with Gasteiger partial charge in [-0.3, -0.25) is 4.98 Å². The Morgan fingerprint density at radius 3 is 2.59 bits per heavy atom. The van der Waals surface area contributed by atoms with Gasteiger partial charge >= 0.3 is 0 Å². The van der Waals surface area contributed by atoms with Crippen LogP contribution in [0.2, 0.25) is 0 Å². The van der Waals surface area contributed by atoms with Crippen LogP contribution < -0.4 is 0 Å². The fourth-order valence-corrected chi connectivity index (χ4v) is 1.49. The first-order chi connectivity index (χ1) is 8.33. The lowest BCUT2D eigenvalue weighted by Crippen LogP contribution is -1.86. The van der Waals surface area contributed by atoms with E-state index >= 15 is 0 Å². The van der Waals surface area contributed by atoms with Crippen molar-refractivity contribution in [2.75, 3.05) is 0 Å². The van der Waals surface area contributed by atoms with E-state index in [1.165, 1.54) is 6.21 Å². The third kappa shape index (κ3) is 2.47. The van der Waals surface area contributed by atoms with Gasteiger partial charge in [0.1, 0.15) is 0 Å². The van der Waals surface area contributed by atoms with E-state index in [2.05, 4.69) is 16.2 Å². The molecule has 4 nitrogen and oxygen atoms in total. The molecule has 0 spiro atoms. The van der Waals surface area contributed by atoms with Crippen LogP contribution in [0.3, 0.4) is 0 Å². The highest BCUT2D eigenvalue weighted by Crippen LogP contribution is 2.19. The third-order valence-electron chi connectivity index (χ3n) is 2.31. The number of aromatic nitrogens is 1. The summed E-state index contributed by atoms with van der Waals surface area (Å²) in [4.78, 5) is 4.05. The molecule has 2 aromatic rings. The van der Waals surface area contributed by atoms with Crippen LogP contribution in [-0.4, -0.2) is 16.4 Å².